The van der Waals surface area contributed by atoms with E-state index in [9.17, 15) is 9.90 Å². The van der Waals surface area contributed by atoms with Gasteiger partial charge in [-0.3, -0.25) is 4.79 Å². The van der Waals surface area contributed by atoms with Gasteiger partial charge < -0.3 is 15.5 Å². The van der Waals surface area contributed by atoms with Crippen LogP contribution < -0.4 is 5.32 Å². The van der Waals surface area contributed by atoms with Crippen LogP contribution in [0.5, 0.6) is 5.75 Å². The first-order chi connectivity index (χ1) is 7.59. The van der Waals surface area contributed by atoms with Crippen molar-refractivity contribution in [2.24, 2.45) is 0 Å². The largest absolute Gasteiger partial charge is 0.508 e. The fraction of sp³-hybridized carbons (Fsp3) is 0.417. The minimum atomic E-state index is -0.335. The van der Waals surface area contributed by atoms with Crippen molar-refractivity contribution in [3.63, 3.8) is 0 Å². The molecule has 4 heteroatoms. The van der Waals surface area contributed by atoms with Crippen LogP contribution >= 0.6 is 0 Å². The van der Waals surface area contributed by atoms with Crippen LogP contribution in [0.1, 0.15) is 30.1 Å². The third-order valence-corrected chi connectivity index (χ3v) is 2.19. The average Bonchev–Trinajstić information content (AvgIpc) is 2.24. The second-order valence-corrected chi connectivity index (χ2v) is 3.80. The summed E-state index contributed by atoms with van der Waals surface area (Å²) in [4.78, 5) is 11.6. The molecular formula is C12H17NO3. The summed E-state index contributed by atoms with van der Waals surface area (Å²) in [6.07, 6.45) is 1.07. The maximum Gasteiger partial charge on any atom is 0.251 e. The summed E-state index contributed by atoms with van der Waals surface area (Å²) < 4.78 is 0. The van der Waals surface area contributed by atoms with Gasteiger partial charge >= 0.3 is 0 Å². The Bertz CT molecular complexity index is 350. The number of aliphatic hydroxyl groups is 1. The molecule has 1 atom stereocenters. The fourth-order valence-electron chi connectivity index (χ4n) is 1.35. The van der Waals surface area contributed by atoms with Crippen LogP contribution in [0.2, 0.25) is 0 Å². The number of nitrogens with one attached hydrogen (secondary N) is 1. The molecule has 0 aromatic heterocycles. The topological polar surface area (TPSA) is 69.6 Å². The van der Waals surface area contributed by atoms with E-state index in [1.807, 2.05) is 0 Å². The Kier molecular flexibility index (Phi) is 4.79. The molecule has 16 heavy (non-hydrogen) atoms. The molecule has 1 aromatic carbocycles. The summed E-state index contributed by atoms with van der Waals surface area (Å²) in [5.74, 6) is -0.127. The molecule has 0 heterocycles. The molecule has 0 aliphatic rings. The van der Waals surface area contributed by atoms with Gasteiger partial charge in [0.2, 0.25) is 0 Å². The average molecular weight is 223 g/mol. The van der Waals surface area contributed by atoms with Crippen molar-refractivity contribution in [2.75, 3.05) is 6.54 Å². The molecule has 88 valence electrons. The number of aliphatic hydroxyl groups excluding tert-OH is 1. The fourth-order valence-corrected chi connectivity index (χ4v) is 1.35. The van der Waals surface area contributed by atoms with E-state index in [-0.39, 0.29) is 17.8 Å². The summed E-state index contributed by atoms with van der Waals surface area (Å²) in [5, 5.41) is 20.9. The quantitative estimate of drug-likeness (QED) is 0.659. The standard InChI is InChI=1S/C12H17NO3/c1-9(14)4-3-7-13-12(16)10-5-2-6-11(15)8-10/h2,5-6,8-9,14-15H,3-4,7H2,1H3,(H,13,16). The number of phenols is 1. The van der Waals surface area contributed by atoms with Gasteiger partial charge in [-0.05, 0) is 38.0 Å². The van der Waals surface area contributed by atoms with Gasteiger partial charge in [-0.25, -0.2) is 0 Å². The minimum Gasteiger partial charge on any atom is -0.508 e. The number of carbonyl (C=O) groups excluding carboxylic acids is 1. The highest BCUT2D eigenvalue weighted by Crippen LogP contribution is 2.10. The SMILES string of the molecule is CC(O)CCCNC(=O)c1cccc(O)c1. The number of benzene rings is 1. The van der Waals surface area contributed by atoms with Gasteiger partial charge in [0.25, 0.3) is 5.91 Å². The van der Waals surface area contributed by atoms with Crippen LogP contribution in [-0.4, -0.2) is 28.8 Å². The first kappa shape index (κ1) is 12.5. The summed E-state index contributed by atoms with van der Waals surface area (Å²) in [6.45, 7) is 2.25. The Morgan fingerprint density at radius 3 is 2.88 bits per heavy atom. The Hall–Kier alpha value is -1.55. The molecule has 0 bridgehead atoms. The second kappa shape index (κ2) is 6.12. The maximum atomic E-state index is 11.6. The highest BCUT2D eigenvalue weighted by Gasteiger charge is 2.05. The van der Waals surface area contributed by atoms with Crippen molar-refractivity contribution in [2.45, 2.75) is 25.9 Å². The highest BCUT2D eigenvalue weighted by atomic mass is 16.3. The van der Waals surface area contributed by atoms with Crippen LogP contribution in [0.4, 0.5) is 0 Å². The molecule has 0 radical (unpaired) electrons. The van der Waals surface area contributed by atoms with E-state index in [0.717, 1.165) is 6.42 Å². The zero-order valence-electron chi connectivity index (χ0n) is 9.31. The second-order valence-electron chi connectivity index (χ2n) is 3.80. The van der Waals surface area contributed by atoms with Gasteiger partial charge in [0.1, 0.15) is 5.75 Å². The lowest BCUT2D eigenvalue weighted by Crippen LogP contribution is -2.24. The normalized spacial score (nSPS) is 12.1. The third kappa shape index (κ3) is 4.31. The Morgan fingerprint density at radius 1 is 1.50 bits per heavy atom. The van der Waals surface area contributed by atoms with Gasteiger partial charge in [0, 0.05) is 12.1 Å². The zero-order chi connectivity index (χ0) is 12.0. The Balaban J connectivity index is 2.35. The van der Waals surface area contributed by atoms with E-state index in [4.69, 9.17) is 5.11 Å². The summed E-state index contributed by atoms with van der Waals surface area (Å²) >= 11 is 0. The molecule has 1 amide bonds. The van der Waals surface area contributed by atoms with Crippen molar-refractivity contribution >= 4 is 5.91 Å². The zero-order valence-corrected chi connectivity index (χ0v) is 9.31. The van der Waals surface area contributed by atoms with Gasteiger partial charge in [-0.15, -0.1) is 0 Å². The predicted molar refractivity (Wildman–Crippen MR) is 61.4 cm³/mol. The molecular weight excluding hydrogens is 206 g/mol. The Labute approximate surface area is 94.9 Å². The number of phenolic OH excluding ortho intramolecular Hbond substituents is 1. The van der Waals surface area contributed by atoms with Crippen LogP contribution in [0.25, 0.3) is 0 Å². The smallest absolute Gasteiger partial charge is 0.251 e. The molecule has 0 spiro atoms. The van der Waals surface area contributed by atoms with Gasteiger partial charge in [0.05, 0.1) is 6.10 Å². The van der Waals surface area contributed by atoms with E-state index in [0.29, 0.717) is 18.5 Å². The lowest BCUT2D eigenvalue weighted by Gasteiger charge is -2.06. The number of hydrogen-bond acceptors (Lipinski definition) is 3. The van der Waals surface area contributed by atoms with Crippen molar-refractivity contribution in [1.82, 2.24) is 5.32 Å². The molecule has 1 rings (SSSR count). The van der Waals surface area contributed by atoms with E-state index in [1.165, 1.54) is 12.1 Å². The van der Waals surface area contributed by atoms with Crippen molar-refractivity contribution in [1.29, 1.82) is 0 Å². The molecule has 0 saturated heterocycles. The molecule has 1 unspecified atom stereocenters. The van der Waals surface area contributed by atoms with Crippen molar-refractivity contribution < 1.29 is 15.0 Å². The van der Waals surface area contributed by atoms with Crippen molar-refractivity contribution in [3.8, 4) is 5.75 Å². The molecule has 4 nitrogen and oxygen atoms in total. The first-order valence-corrected chi connectivity index (χ1v) is 5.35. The van der Waals surface area contributed by atoms with Gasteiger partial charge in [-0.1, -0.05) is 6.07 Å². The number of rotatable bonds is 5. The molecule has 3 N–H and O–H groups in total. The number of hydrogen-bond donors (Lipinski definition) is 3. The van der Waals surface area contributed by atoms with Gasteiger partial charge in [-0.2, -0.15) is 0 Å². The monoisotopic (exact) mass is 223 g/mol. The number of carbonyl (C=O) groups is 1. The summed E-state index contributed by atoms with van der Waals surface area (Å²) in [7, 11) is 0. The summed E-state index contributed by atoms with van der Waals surface area (Å²) in [5.41, 5.74) is 0.442. The van der Waals surface area contributed by atoms with E-state index < -0.39 is 0 Å². The molecule has 0 fully saturated rings. The van der Waals surface area contributed by atoms with Crippen LogP contribution in [0.15, 0.2) is 24.3 Å². The molecule has 0 aliphatic heterocycles. The van der Waals surface area contributed by atoms with E-state index >= 15 is 0 Å². The first-order valence-electron chi connectivity index (χ1n) is 5.35. The molecule has 0 aliphatic carbocycles. The summed E-state index contributed by atoms with van der Waals surface area (Å²) in [6, 6.07) is 6.21. The number of aromatic hydroxyl groups is 1. The van der Waals surface area contributed by atoms with Crippen molar-refractivity contribution in [3.05, 3.63) is 29.8 Å². The van der Waals surface area contributed by atoms with Gasteiger partial charge in [0.15, 0.2) is 0 Å². The predicted octanol–water partition coefficient (Wildman–Crippen LogP) is 1.28. The Morgan fingerprint density at radius 2 is 2.25 bits per heavy atom. The van der Waals surface area contributed by atoms with Crippen LogP contribution in [0.3, 0.4) is 0 Å². The lowest BCUT2D eigenvalue weighted by molar-refractivity contribution is 0.0949. The molecule has 1 aromatic rings. The molecule has 0 saturated carbocycles. The minimum absolute atomic E-state index is 0.0802. The van der Waals surface area contributed by atoms with E-state index in [2.05, 4.69) is 5.32 Å². The maximum absolute atomic E-state index is 11.6. The van der Waals surface area contributed by atoms with E-state index in [1.54, 1.807) is 19.1 Å². The lowest BCUT2D eigenvalue weighted by atomic mass is 10.2. The van der Waals surface area contributed by atoms with Crippen LogP contribution in [0, 0.1) is 0 Å². The third-order valence-electron chi connectivity index (χ3n) is 2.19. The highest BCUT2D eigenvalue weighted by molar-refractivity contribution is 5.94. The number of amides is 1. The van der Waals surface area contributed by atoms with Crippen LogP contribution in [-0.2, 0) is 0 Å².